The Kier molecular flexibility index (Phi) is 10.1. The van der Waals surface area contributed by atoms with Crippen LogP contribution >= 0.6 is 21.6 Å². The van der Waals surface area contributed by atoms with E-state index in [1.54, 1.807) is 24.3 Å². The molecular weight excluding hydrogens is 502 g/mol. The van der Waals surface area contributed by atoms with Crippen molar-refractivity contribution in [3.8, 4) is 11.8 Å². The SMILES string of the molecule is CN(C)c1ccc(N=Nc2ccc(C(=O)NCCSSCCC(=O)On3c(O)ccc3O)cc2)cc1. The van der Waals surface area contributed by atoms with E-state index < -0.39 is 5.97 Å². The van der Waals surface area contributed by atoms with Crippen molar-refractivity contribution >= 4 is 50.5 Å². The summed E-state index contributed by atoms with van der Waals surface area (Å²) in [6, 6.07) is 17.0. The second-order valence-corrected chi connectivity index (χ2v) is 10.3. The molecule has 0 fully saturated rings. The number of azo groups is 1. The number of aromatic nitrogens is 1. The third-order valence-electron chi connectivity index (χ3n) is 4.71. The lowest BCUT2D eigenvalue weighted by Crippen LogP contribution is -2.25. The highest BCUT2D eigenvalue weighted by Gasteiger charge is 2.12. The molecule has 0 saturated heterocycles. The Labute approximate surface area is 216 Å². The van der Waals surface area contributed by atoms with E-state index in [4.69, 9.17) is 4.84 Å². The van der Waals surface area contributed by atoms with Crippen LogP contribution in [-0.4, -0.2) is 59.0 Å². The molecule has 0 radical (unpaired) electrons. The molecule has 0 bridgehead atoms. The number of hydrogen-bond acceptors (Lipinski definition) is 10. The summed E-state index contributed by atoms with van der Waals surface area (Å²) < 4.78 is 0.662. The number of amides is 1. The summed E-state index contributed by atoms with van der Waals surface area (Å²) >= 11 is 0. The second-order valence-electron chi connectivity index (χ2n) is 7.61. The van der Waals surface area contributed by atoms with Gasteiger partial charge in [-0.2, -0.15) is 10.2 Å². The quantitative estimate of drug-likeness (QED) is 0.177. The van der Waals surface area contributed by atoms with Gasteiger partial charge in [0, 0.05) is 55.5 Å². The summed E-state index contributed by atoms with van der Waals surface area (Å²) in [6.45, 7) is 0.469. The second kappa shape index (κ2) is 13.4. The zero-order valence-electron chi connectivity index (χ0n) is 19.8. The van der Waals surface area contributed by atoms with Gasteiger partial charge in [0.1, 0.15) is 0 Å². The highest BCUT2D eigenvalue weighted by molar-refractivity contribution is 8.76. The van der Waals surface area contributed by atoms with Crippen LogP contribution in [0.15, 0.2) is 70.9 Å². The number of aromatic hydroxyl groups is 2. The number of hydrogen-bond donors (Lipinski definition) is 3. The average molecular weight is 530 g/mol. The first-order chi connectivity index (χ1) is 17.3. The zero-order valence-corrected chi connectivity index (χ0v) is 21.5. The summed E-state index contributed by atoms with van der Waals surface area (Å²) in [4.78, 5) is 31.0. The van der Waals surface area contributed by atoms with E-state index in [0.717, 1.165) is 11.4 Å². The fourth-order valence-corrected chi connectivity index (χ4v) is 4.68. The smallest absolute Gasteiger partial charge is 0.334 e. The number of carbonyl (C=O) groups is 2. The molecule has 0 aliphatic heterocycles. The Balaban J connectivity index is 1.31. The molecule has 3 aromatic rings. The van der Waals surface area contributed by atoms with E-state index in [-0.39, 0.29) is 24.1 Å². The highest BCUT2D eigenvalue weighted by atomic mass is 33.1. The molecule has 3 N–H and O–H groups in total. The van der Waals surface area contributed by atoms with Gasteiger partial charge in [0.2, 0.25) is 11.8 Å². The fraction of sp³-hybridized carbons (Fsp3) is 0.250. The van der Waals surface area contributed by atoms with Gasteiger partial charge in [0.25, 0.3) is 5.91 Å². The van der Waals surface area contributed by atoms with Crippen molar-refractivity contribution < 1.29 is 24.6 Å². The van der Waals surface area contributed by atoms with Crippen molar-refractivity contribution in [2.24, 2.45) is 10.2 Å². The summed E-state index contributed by atoms with van der Waals surface area (Å²) in [6.07, 6.45) is 0.103. The molecule has 0 unspecified atom stereocenters. The van der Waals surface area contributed by atoms with Gasteiger partial charge < -0.3 is 25.3 Å². The molecule has 3 rings (SSSR count). The maximum Gasteiger partial charge on any atom is 0.334 e. The Morgan fingerprint density at radius 3 is 2.03 bits per heavy atom. The molecule has 0 spiro atoms. The molecular formula is C24H27N5O5S2. The van der Waals surface area contributed by atoms with Crippen molar-refractivity contribution in [1.29, 1.82) is 0 Å². The molecule has 190 valence electrons. The molecule has 1 heterocycles. The van der Waals surface area contributed by atoms with E-state index >= 15 is 0 Å². The lowest BCUT2D eigenvalue weighted by atomic mass is 10.2. The molecule has 12 heteroatoms. The van der Waals surface area contributed by atoms with E-state index in [2.05, 4.69) is 15.5 Å². The van der Waals surface area contributed by atoms with Crippen LogP contribution in [0.5, 0.6) is 11.8 Å². The molecule has 1 amide bonds. The maximum atomic E-state index is 12.3. The molecule has 36 heavy (non-hydrogen) atoms. The molecule has 0 saturated carbocycles. The predicted octanol–water partition coefficient (Wildman–Crippen LogP) is 4.54. The summed E-state index contributed by atoms with van der Waals surface area (Å²) in [5, 5.41) is 30.2. The Morgan fingerprint density at radius 2 is 1.44 bits per heavy atom. The van der Waals surface area contributed by atoms with Gasteiger partial charge in [0.05, 0.1) is 17.8 Å². The van der Waals surface area contributed by atoms with Crippen LogP contribution < -0.4 is 15.1 Å². The Morgan fingerprint density at radius 1 is 0.889 bits per heavy atom. The lowest BCUT2D eigenvalue weighted by molar-refractivity contribution is -0.144. The van der Waals surface area contributed by atoms with Crippen LogP contribution in [-0.2, 0) is 4.79 Å². The van der Waals surface area contributed by atoms with Crippen molar-refractivity contribution in [1.82, 2.24) is 10.0 Å². The first-order valence-corrected chi connectivity index (χ1v) is 13.4. The monoisotopic (exact) mass is 529 g/mol. The largest absolute Gasteiger partial charge is 0.492 e. The van der Waals surface area contributed by atoms with Crippen LogP contribution in [0.4, 0.5) is 17.1 Å². The van der Waals surface area contributed by atoms with Crippen LogP contribution in [0.2, 0.25) is 0 Å². The number of rotatable bonds is 12. The van der Waals surface area contributed by atoms with Gasteiger partial charge >= 0.3 is 5.97 Å². The first-order valence-electron chi connectivity index (χ1n) is 11.0. The molecule has 10 nitrogen and oxygen atoms in total. The summed E-state index contributed by atoms with van der Waals surface area (Å²) in [7, 11) is 6.93. The average Bonchev–Trinajstić information content (AvgIpc) is 3.19. The van der Waals surface area contributed by atoms with Crippen molar-refractivity contribution in [3.05, 3.63) is 66.2 Å². The van der Waals surface area contributed by atoms with Crippen LogP contribution in [0, 0.1) is 0 Å². The fourth-order valence-electron chi connectivity index (χ4n) is 2.81. The van der Waals surface area contributed by atoms with Gasteiger partial charge in [-0.3, -0.25) is 4.79 Å². The van der Waals surface area contributed by atoms with Gasteiger partial charge in [-0.25, -0.2) is 4.79 Å². The summed E-state index contributed by atoms with van der Waals surface area (Å²) in [5.74, 6) is -0.339. The number of anilines is 1. The summed E-state index contributed by atoms with van der Waals surface area (Å²) in [5.41, 5.74) is 3.00. The van der Waals surface area contributed by atoms with E-state index in [9.17, 15) is 19.8 Å². The topological polar surface area (TPSA) is 129 Å². The van der Waals surface area contributed by atoms with Gasteiger partial charge in [-0.05, 0) is 48.5 Å². The molecule has 0 aliphatic carbocycles. The van der Waals surface area contributed by atoms with Gasteiger partial charge in [-0.15, -0.1) is 4.73 Å². The van der Waals surface area contributed by atoms with E-state index in [1.807, 2.05) is 43.3 Å². The number of nitrogens with zero attached hydrogens (tertiary/aromatic N) is 4. The van der Waals surface area contributed by atoms with E-state index in [0.29, 0.717) is 34.0 Å². The van der Waals surface area contributed by atoms with Gasteiger partial charge in [0.15, 0.2) is 0 Å². The van der Waals surface area contributed by atoms with Crippen LogP contribution in [0.25, 0.3) is 0 Å². The first kappa shape index (κ1) is 27.0. The number of carbonyl (C=O) groups excluding carboxylic acids is 2. The maximum absolute atomic E-state index is 12.3. The Hall–Kier alpha value is -3.64. The lowest BCUT2D eigenvalue weighted by Gasteiger charge is -2.11. The number of benzene rings is 2. The third-order valence-corrected chi connectivity index (χ3v) is 7.12. The predicted molar refractivity (Wildman–Crippen MR) is 143 cm³/mol. The normalized spacial score (nSPS) is 10.9. The Bertz CT molecular complexity index is 1160. The zero-order chi connectivity index (χ0) is 25.9. The highest BCUT2D eigenvalue weighted by Crippen LogP contribution is 2.23. The van der Waals surface area contributed by atoms with Gasteiger partial charge in [-0.1, -0.05) is 21.6 Å². The standard InChI is InChI=1S/C24H27N5O5S2/c1-28(2)20-9-7-19(8-10-20)27-26-18-5-3-17(4-6-18)24(33)25-14-16-36-35-15-13-23(32)34-29-21(30)11-12-22(29)31/h3-12,30-31H,13-16H2,1-2H3,(H,25,33). The van der Waals surface area contributed by atoms with Crippen molar-refractivity contribution in [2.45, 2.75) is 6.42 Å². The minimum Gasteiger partial charge on any atom is -0.492 e. The van der Waals surface area contributed by atoms with Crippen LogP contribution in [0.3, 0.4) is 0 Å². The molecule has 1 aromatic heterocycles. The van der Waals surface area contributed by atoms with Crippen molar-refractivity contribution in [3.63, 3.8) is 0 Å². The molecule has 2 aromatic carbocycles. The molecule has 0 atom stereocenters. The minimum atomic E-state index is -0.580. The van der Waals surface area contributed by atoms with Crippen molar-refractivity contribution in [2.75, 3.05) is 37.0 Å². The third kappa shape index (κ3) is 8.24. The molecule has 0 aliphatic rings. The number of nitrogens with one attached hydrogen (secondary N) is 1. The van der Waals surface area contributed by atoms with E-state index in [1.165, 1.54) is 33.7 Å². The van der Waals surface area contributed by atoms with Crippen LogP contribution in [0.1, 0.15) is 16.8 Å². The minimum absolute atomic E-state index is 0.103.